The van der Waals surface area contributed by atoms with Crippen LogP contribution >= 0.6 is 0 Å². The molecule has 2 N–H and O–H groups in total. The van der Waals surface area contributed by atoms with Crippen LogP contribution in [0.3, 0.4) is 0 Å². The number of benzene rings is 2. The molecule has 1 saturated heterocycles. The Balaban J connectivity index is 0.000000270. The van der Waals surface area contributed by atoms with Gasteiger partial charge in [0.25, 0.3) is 0 Å². The predicted molar refractivity (Wildman–Crippen MR) is 200 cm³/mol. The number of aliphatic hydroxyl groups excluding tert-OH is 1. The number of aliphatic carboxylic acids is 1. The zero-order valence-electron chi connectivity index (χ0n) is 29.3. The second kappa shape index (κ2) is 24.2. The van der Waals surface area contributed by atoms with Crippen molar-refractivity contribution < 1.29 is 15.0 Å². The third kappa shape index (κ3) is 15.7. The minimum absolute atomic E-state index is 0.266. The quantitative estimate of drug-likeness (QED) is 0.104. The molecule has 0 unspecified atom stereocenters. The number of rotatable bonds is 21. The second-order valence-electron chi connectivity index (χ2n) is 13.1. The molecule has 6 nitrogen and oxygen atoms in total. The van der Waals surface area contributed by atoms with Crippen LogP contribution in [0, 0.1) is 0 Å². The largest absolute Gasteiger partial charge is 0.481 e. The third-order valence-electron chi connectivity index (χ3n) is 9.29. The first kappa shape index (κ1) is 38.5. The number of unbranched alkanes of at least 4 members (excludes halogenated alkanes) is 11. The van der Waals surface area contributed by atoms with E-state index in [4.69, 9.17) is 10.2 Å². The average Bonchev–Trinajstić information content (AvgIpc) is 3.24. The highest BCUT2D eigenvalue weighted by atomic mass is 16.4. The molecule has 0 radical (unpaired) electrons. The fraction of sp³-hybridized carbons (Fsp3) is 0.585. The fourth-order valence-corrected chi connectivity index (χ4v) is 6.48. The van der Waals surface area contributed by atoms with Gasteiger partial charge in [-0.3, -0.25) is 9.69 Å². The smallest absolute Gasteiger partial charge is 0.303 e. The van der Waals surface area contributed by atoms with Gasteiger partial charge >= 0.3 is 5.97 Å². The molecule has 2 aromatic rings. The van der Waals surface area contributed by atoms with Crippen molar-refractivity contribution >= 4 is 29.5 Å². The fourth-order valence-electron chi connectivity index (χ4n) is 6.48. The first-order valence-electron chi connectivity index (χ1n) is 18.7. The maximum absolute atomic E-state index is 10.3. The predicted octanol–water partition coefficient (Wildman–Crippen LogP) is 9.42. The standard InChI is InChI=1S/C23H29N3O.C18H34O2/c27-19-18-25-16-14-24(15-17-25)12-5-13-26-22-8-3-1-6-20(22)10-11-21-7-2-4-9-23(21)26;1-2-3-4-5-6-7-8-9-10-11-12-13-14-15-16-17-18(19)20/h1-4,6-11,27H,5,12-19H2;9-10H,2-8,11-17H2,1H3,(H,19,20). The lowest BCUT2D eigenvalue weighted by atomic mass is 10.1. The molecule has 0 saturated carbocycles. The van der Waals surface area contributed by atoms with E-state index in [1.54, 1.807) is 0 Å². The summed E-state index contributed by atoms with van der Waals surface area (Å²) in [4.78, 5) is 17.7. The number of piperazine rings is 1. The Labute approximate surface area is 286 Å². The molecule has 0 atom stereocenters. The van der Waals surface area contributed by atoms with E-state index >= 15 is 0 Å². The summed E-state index contributed by atoms with van der Waals surface area (Å²) in [5.74, 6) is -0.664. The monoisotopic (exact) mass is 645 g/mol. The van der Waals surface area contributed by atoms with Gasteiger partial charge in [-0.2, -0.15) is 0 Å². The van der Waals surface area contributed by atoms with Gasteiger partial charge in [0.2, 0.25) is 0 Å². The van der Waals surface area contributed by atoms with E-state index in [0.29, 0.717) is 6.42 Å². The summed E-state index contributed by atoms with van der Waals surface area (Å²) in [6.45, 7) is 9.83. The Morgan fingerprint density at radius 3 is 1.66 bits per heavy atom. The van der Waals surface area contributed by atoms with Crippen LogP contribution in [0.15, 0.2) is 60.7 Å². The number of carboxylic acids is 1. The van der Waals surface area contributed by atoms with Gasteiger partial charge in [-0.25, -0.2) is 0 Å². The zero-order valence-corrected chi connectivity index (χ0v) is 29.3. The molecule has 47 heavy (non-hydrogen) atoms. The number of allylic oxidation sites excluding steroid dienone is 2. The zero-order chi connectivity index (χ0) is 33.4. The molecular formula is C41H63N3O3. The number of β-amino-alcohol motifs (C(OH)–C–C–N with tert-alkyl or cyclic N) is 1. The third-order valence-corrected chi connectivity index (χ3v) is 9.29. The molecule has 4 rings (SSSR count). The van der Waals surface area contributed by atoms with Gasteiger partial charge in [0, 0.05) is 57.1 Å². The van der Waals surface area contributed by atoms with Crippen molar-refractivity contribution in [2.24, 2.45) is 0 Å². The highest BCUT2D eigenvalue weighted by Crippen LogP contribution is 2.36. The highest BCUT2D eigenvalue weighted by molar-refractivity contribution is 5.88. The Hall–Kier alpha value is -2.93. The van der Waals surface area contributed by atoms with E-state index in [1.165, 1.54) is 93.1 Å². The second-order valence-corrected chi connectivity index (χ2v) is 13.1. The van der Waals surface area contributed by atoms with Gasteiger partial charge in [-0.05, 0) is 68.3 Å². The first-order chi connectivity index (χ1) is 23.1. The summed E-state index contributed by atoms with van der Waals surface area (Å²) in [5, 5.41) is 17.6. The van der Waals surface area contributed by atoms with Crippen LogP contribution in [0.5, 0.6) is 0 Å². The number of hydrogen-bond acceptors (Lipinski definition) is 5. The first-order valence-corrected chi connectivity index (χ1v) is 18.7. The van der Waals surface area contributed by atoms with Crippen molar-refractivity contribution in [2.75, 3.05) is 57.3 Å². The van der Waals surface area contributed by atoms with E-state index in [1.807, 2.05) is 0 Å². The van der Waals surface area contributed by atoms with E-state index in [2.05, 4.69) is 94.5 Å². The van der Waals surface area contributed by atoms with Crippen molar-refractivity contribution in [1.29, 1.82) is 0 Å². The summed E-state index contributed by atoms with van der Waals surface area (Å²) in [6.07, 6.45) is 26.8. The Morgan fingerprint density at radius 1 is 0.638 bits per heavy atom. The Kier molecular flexibility index (Phi) is 19.9. The van der Waals surface area contributed by atoms with Crippen LogP contribution < -0.4 is 4.90 Å². The van der Waals surface area contributed by atoms with E-state index in [0.717, 1.165) is 65.1 Å². The Bertz CT molecular complexity index is 1120. The topological polar surface area (TPSA) is 67.2 Å². The molecule has 0 spiro atoms. The van der Waals surface area contributed by atoms with Crippen LogP contribution in [0.25, 0.3) is 12.2 Å². The van der Waals surface area contributed by atoms with Gasteiger partial charge in [-0.15, -0.1) is 0 Å². The van der Waals surface area contributed by atoms with E-state index < -0.39 is 5.97 Å². The summed E-state index contributed by atoms with van der Waals surface area (Å²) >= 11 is 0. The molecule has 0 aliphatic carbocycles. The van der Waals surface area contributed by atoms with Crippen LogP contribution in [-0.4, -0.2) is 78.4 Å². The van der Waals surface area contributed by atoms with Crippen LogP contribution in [0.1, 0.15) is 114 Å². The SMILES string of the molecule is CCCCCCCCC=CCCCCCCCC(=O)O.OCCN1CCN(CCCN2c3ccccc3C=Cc3ccccc32)CC1. The maximum Gasteiger partial charge on any atom is 0.303 e. The molecular weight excluding hydrogens is 582 g/mol. The van der Waals surface area contributed by atoms with Crippen molar-refractivity contribution in [3.05, 3.63) is 71.8 Å². The molecule has 0 amide bonds. The normalized spacial score (nSPS) is 14.8. The lowest BCUT2D eigenvalue weighted by molar-refractivity contribution is -0.137. The van der Waals surface area contributed by atoms with Crippen molar-refractivity contribution in [3.63, 3.8) is 0 Å². The molecule has 1 fully saturated rings. The summed E-state index contributed by atoms with van der Waals surface area (Å²) in [7, 11) is 0. The number of anilines is 2. The van der Waals surface area contributed by atoms with Gasteiger partial charge < -0.3 is 20.0 Å². The van der Waals surface area contributed by atoms with Gasteiger partial charge in [0.05, 0.1) is 6.61 Å². The number of para-hydroxylation sites is 2. The molecule has 2 aliphatic heterocycles. The van der Waals surface area contributed by atoms with Crippen LogP contribution in [-0.2, 0) is 4.79 Å². The summed E-state index contributed by atoms with van der Waals surface area (Å²) in [6, 6.07) is 17.4. The van der Waals surface area contributed by atoms with E-state index in [9.17, 15) is 4.79 Å². The van der Waals surface area contributed by atoms with Crippen molar-refractivity contribution in [3.8, 4) is 0 Å². The summed E-state index contributed by atoms with van der Waals surface area (Å²) < 4.78 is 0. The van der Waals surface area contributed by atoms with Gasteiger partial charge in [-0.1, -0.05) is 119 Å². The molecule has 2 heterocycles. The molecule has 6 heteroatoms. The molecule has 2 aliphatic rings. The Morgan fingerprint density at radius 2 is 1.13 bits per heavy atom. The molecule has 2 aromatic carbocycles. The number of carboxylic acid groups (broad SMARTS) is 1. The minimum Gasteiger partial charge on any atom is -0.481 e. The van der Waals surface area contributed by atoms with Gasteiger partial charge in [0.15, 0.2) is 0 Å². The lowest BCUT2D eigenvalue weighted by Crippen LogP contribution is -2.47. The van der Waals surface area contributed by atoms with Crippen molar-refractivity contribution in [2.45, 2.75) is 103 Å². The maximum atomic E-state index is 10.3. The lowest BCUT2D eigenvalue weighted by Gasteiger charge is -2.35. The van der Waals surface area contributed by atoms with Crippen molar-refractivity contribution in [1.82, 2.24) is 9.80 Å². The van der Waals surface area contributed by atoms with E-state index in [-0.39, 0.29) is 6.61 Å². The number of hydrogen-bond donors (Lipinski definition) is 2. The number of fused-ring (bicyclic) bond motifs is 2. The summed E-state index contributed by atoms with van der Waals surface area (Å²) in [5.41, 5.74) is 5.16. The number of carbonyl (C=O) groups is 1. The molecule has 260 valence electrons. The number of nitrogens with zero attached hydrogens (tertiary/aromatic N) is 3. The number of aliphatic hydroxyl groups is 1. The van der Waals surface area contributed by atoms with Crippen LogP contribution in [0.2, 0.25) is 0 Å². The minimum atomic E-state index is -0.664. The molecule has 0 aromatic heterocycles. The van der Waals surface area contributed by atoms with Crippen LogP contribution in [0.4, 0.5) is 11.4 Å². The average molecular weight is 646 g/mol. The molecule has 0 bridgehead atoms. The highest BCUT2D eigenvalue weighted by Gasteiger charge is 2.19. The van der Waals surface area contributed by atoms with Gasteiger partial charge in [0.1, 0.15) is 0 Å².